The maximum atomic E-state index is 3.65. The molecule has 0 fully saturated rings. The zero-order chi connectivity index (χ0) is 15.4. The summed E-state index contributed by atoms with van der Waals surface area (Å²) in [5.74, 6) is 0. The Balaban J connectivity index is 2.35. The largest absolute Gasteiger partial charge is 0.310 e. The molecule has 2 rings (SSSR count). The second-order valence-corrected chi connectivity index (χ2v) is 6.67. The number of aryl methyl sites for hydroxylation is 3. The first-order valence-corrected chi connectivity index (χ1v) is 8.36. The number of hydrogen-bond acceptors (Lipinski definition) is 1. The molecule has 21 heavy (non-hydrogen) atoms. The summed E-state index contributed by atoms with van der Waals surface area (Å²) in [5.41, 5.74) is 6.91. The quantitative estimate of drug-likeness (QED) is 0.778. The fourth-order valence-electron chi connectivity index (χ4n) is 3.16. The highest BCUT2D eigenvalue weighted by Crippen LogP contribution is 2.27. The van der Waals surface area contributed by atoms with E-state index in [1.165, 1.54) is 27.8 Å². The van der Waals surface area contributed by atoms with E-state index in [1.807, 2.05) is 0 Å². The van der Waals surface area contributed by atoms with E-state index in [1.54, 1.807) is 0 Å². The molecule has 0 aliphatic heterocycles. The van der Waals surface area contributed by atoms with Gasteiger partial charge in [0.25, 0.3) is 0 Å². The first-order valence-electron chi connectivity index (χ1n) is 7.56. The van der Waals surface area contributed by atoms with Crippen LogP contribution in [0.15, 0.2) is 40.9 Å². The predicted octanol–water partition coefficient (Wildman–Crippen LogP) is 5.27. The van der Waals surface area contributed by atoms with E-state index in [-0.39, 0.29) is 0 Å². The van der Waals surface area contributed by atoms with Crippen LogP contribution < -0.4 is 5.32 Å². The van der Waals surface area contributed by atoms with E-state index in [4.69, 9.17) is 0 Å². The molecule has 0 aliphatic rings. The highest BCUT2D eigenvalue weighted by atomic mass is 79.9. The van der Waals surface area contributed by atoms with Gasteiger partial charge in [-0.15, -0.1) is 0 Å². The topological polar surface area (TPSA) is 12.0 Å². The minimum absolute atomic E-state index is 0.366. The summed E-state index contributed by atoms with van der Waals surface area (Å²) in [6.45, 7) is 9.76. The van der Waals surface area contributed by atoms with Gasteiger partial charge in [0.1, 0.15) is 0 Å². The van der Waals surface area contributed by atoms with Crippen LogP contribution in [-0.4, -0.2) is 6.54 Å². The van der Waals surface area contributed by atoms with Gasteiger partial charge in [0.2, 0.25) is 0 Å². The number of nitrogens with one attached hydrogen (secondary N) is 1. The smallest absolute Gasteiger partial charge is 0.0366 e. The van der Waals surface area contributed by atoms with E-state index in [0.29, 0.717) is 6.04 Å². The molecule has 2 heteroatoms. The van der Waals surface area contributed by atoms with Crippen molar-refractivity contribution in [2.24, 2.45) is 0 Å². The first kappa shape index (κ1) is 16.3. The molecule has 112 valence electrons. The molecular weight excluding hydrogens is 322 g/mol. The van der Waals surface area contributed by atoms with E-state index in [2.05, 4.69) is 85.3 Å². The van der Waals surface area contributed by atoms with Crippen molar-refractivity contribution in [1.29, 1.82) is 0 Å². The normalized spacial score (nSPS) is 12.4. The van der Waals surface area contributed by atoms with E-state index in [0.717, 1.165) is 17.4 Å². The Morgan fingerprint density at radius 3 is 2.29 bits per heavy atom. The molecular formula is C19H24BrN. The molecule has 0 saturated heterocycles. The van der Waals surface area contributed by atoms with Gasteiger partial charge in [0.05, 0.1) is 0 Å². The zero-order valence-corrected chi connectivity index (χ0v) is 14.9. The van der Waals surface area contributed by atoms with Crippen LogP contribution in [0.4, 0.5) is 0 Å². The SMILES string of the molecule is CCNC(Cc1cccc(Br)c1)c1c(C)cc(C)cc1C. The minimum atomic E-state index is 0.366. The van der Waals surface area contributed by atoms with Gasteiger partial charge >= 0.3 is 0 Å². The third kappa shape index (κ3) is 4.18. The second kappa shape index (κ2) is 7.24. The van der Waals surface area contributed by atoms with Crippen LogP contribution in [0.1, 0.15) is 40.8 Å². The van der Waals surface area contributed by atoms with Crippen molar-refractivity contribution in [3.05, 3.63) is 68.7 Å². The molecule has 0 saturated carbocycles. The molecule has 1 unspecified atom stereocenters. The highest BCUT2D eigenvalue weighted by molar-refractivity contribution is 9.10. The van der Waals surface area contributed by atoms with Gasteiger partial charge in [-0.05, 0) is 68.1 Å². The standard InChI is InChI=1S/C19H24BrN/c1-5-21-18(12-16-7-6-8-17(20)11-16)19-14(3)9-13(2)10-15(19)4/h6-11,18,21H,5,12H2,1-4H3. The summed E-state index contributed by atoms with van der Waals surface area (Å²) in [4.78, 5) is 0. The van der Waals surface area contributed by atoms with Gasteiger partial charge in [-0.2, -0.15) is 0 Å². The van der Waals surface area contributed by atoms with Crippen molar-refractivity contribution in [3.63, 3.8) is 0 Å². The average molecular weight is 346 g/mol. The number of likely N-dealkylation sites (N-methyl/N-ethyl adjacent to an activating group) is 1. The third-order valence-electron chi connectivity index (χ3n) is 3.87. The summed E-state index contributed by atoms with van der Waals surface area (Å²) < 4.78 is 1.15. The lowest BCUT2D eigenvalue weighted by atomic mass is 9.90. The van der Waals surface area contributed by atoms with Crippen LogP contribution in [0.25, 0.3) is 0 Å². The second-order valence-electron chi connectivity index (χ2n) is 5.76. The Morgan fingerprint density at radius 2 is 1.71 bits per heavy atom. The van der Waals surface area contributed by atoms with Crippen molar-refractivity contribution in [2.45, 2.75) is 40.2 Å². The number of rotatable bonds is 5. The predicted molar refractivity (Wildman–Crippen MR) is 94.9 cm³/mol. The van der Waals surface area contributed by atoms with Crippen LogP contribution in [0.5, 0.6) is 0 Å². The first-order chi connectivity index (χ1) is 10.0. The summed E-state index contributed by atoms with van der Waals surface area (Å²) in [5, 5.41) is 3.65. The molecule has 0 heterocycles. The number of benzene rings is 2. The molecule has 1 atom stereocenters. The monoisotopic (exact) mass is 345 g/mol. The Bertz CT molecular complexity index is 596. The van der Waals surface area contributed by atoms with Crippen LogP contribution in [0.3, 0.4) is 0 Å². The molecule has 2 aromatic rings. The molecule has 0 amide bonds. The van der Waals surface area contributed by atoms with Crippen molar-refractivity contribution < 1.29 is 0 Å². The number of halogens is 1. The van der Waals surface area contributed by atoms with E-state index in [9.17, 15) is 0 Å². The molecule has 0 radical (unpaired) electrons. The maximum absolute atomic E-state index is 3.65. The van der Waals surface area contributed by atoms with Crippen LogP contribution in [-0.2, 0) is 6.42 Å². The molecule has 1 nitrogen and oxygen atoms in total. The van der Waals surface area contributed by atoms with Gasteiger partial charge in [-0.1, -0.05) is 52.7 Å². The van der Waals surface area contributed by atoms with Gasteiger partial charge in [-0.3, -0.25) is 0 Å². The third-order valence-corrected chi connectivity index (χ3v) is 4.36. The highest BCUT2D eigenvalue weighted by Gasteiger charge is 2.16. The average Bonchev–Trinajstić information content (AvgIpc) is 2.37. The van der Waals surface area contributed by atoms with Crippen LogP contribution in [0.2, 0.25) is 0 Å². The lowest BCUT2D eigenvalue weighted by molar-refractivity contribution is 0.544. The van der Waals surface area contributed by atoms with Gasteiger partial charge in [-0.25, -0.2) is 0 Å². The van der Waals surface area contributed by atoms with Crippen molar-refractivity contribution in [1.82, 2.24) is 5.32 Å². The lowest BCUT2D eigenvalue weighted by Crippen LogP contribution is -2.24. The fraction of sp³-hybridized carbons (Fsp3) is 0.368. The molecule has 0 aromatic heterocycles. The Labute approximate surface area is 136 Å². The fourth-order valence-corrected chi connectivity index (χ4v) is 3.61. The molecule has 0 aliphatic carbocycles. The zero-order valence-electron chi connectivity index (χ0n) is 13.3. The van der Waals surface area contributed by atoms with Crippen LogP contribution >= 0.6 is 15.9 Å². The van der Waals surface area contributed by atoms with Crippen molar-refractivity contribution in [2.75, 3.05) is 6.54 Å². The summed E-state index contributed by atoms with van der Waals surface area (Å²) in [6, 6.07) is 13.5. The molecule has 0 bridgehead atoms. The Hall–Kier alpha value is -1.12. The van der Waals surface area contributed by atoms with Crippen molar-refractivity contribution in [3.8, 4) is 0 Å². The van der Waals surface area contributed by atoms with E-state index < -0.39 is 0 Å². The van der Waals surface area contributed by atoms with Gasteiger partial charge in [0, 0.05) is 10.5 Å². The summed E-state index contributed by atoms with van der Waals surface area (Å²) in [7, 11) is 0. The van der Waals surface area contributed by atoms with E-state index >= 15 is 0 Å². The Kier molecular flexibility index (Phi) is 5.60. The van der Waals surface area contributed by atoms with Crippen LogP contribution in [0, 0.1) is 20.8 Å². The molecule has 2 aromatic carbocycles. The summed E-state index contributed by atoms with van der Waals surface area (Å²) >= 11 is 3.57. The van der Waals surface area contributed by atoms with Gasteiger partial charge in [0.15, 0.2) is 0 Å². The van der Waals surface area contributed by atoms with Crippen molar-refractivity contribution >= 4 is 15.9 Å². The van der Waals surface area contributed by atoms with Gasteiger partial charge < -0.3 is 5.32 Å². The summed E-state index contributed by atoms with van der Waals surface area (Å²) in [6.07, 6.45) is 1.01. The maximum Gasteiger partial charge on any atom is 0.0366 e. The molecule has 1 N–H and O–H groups in total. The minimum Gasteiger partial charge on any atom is -0.310 e. The molecule has 0 spiro atoms. The lowest BCUT2D eigenvalue weighted by Gasteiger charge is -2.23. The number of hydrogen-bond donors (Lipinski definition) is 1. The Morgan fingerprint density at radius 1 is 1.05 bits per heavy atom.